The van der Waals surface area contributed by atoms with Gasteiger partial charge >= 0.3 is 6.09 Å². The summed E-state index contributed by atoms with van der Waals surface area (Å²) in [6.07, 6.45) is -1.09. The van der Waals surface area contributed by atoms with Crippen molar-refractivity contribution in [3.05, 3.63) is 41.2 Å². The number of hydrogen-bond acceptors (Lipinski definition) is 12. The van der Waals surface area contributed by atoms with Gasteiger partial charge in [0.2, 0.25) is 27.4 Å². The van der Waals surface area contributed by atoms with Gasteiger partial charge in [-0.05, 0) is 23.0 Å². The van der Waals surface area contributed by atoms with Crippen LogP contribution in [0.25, 0.3) is 0 Å². The van der Waals surface area contributed by atoms with Crippen molar-refractivity contribution in [3.63, 3.8) is 0 Å². The second-order valence-electron chi connectivity index (χ2n) is 15.0. The van der Waals surface area contributed by atoms with E-state index in [-0.39, 0.29) is 49.0 Å². The summed E-state index contributed by atoms with van der Waals surface area (Å²) in [7, 11) is 0. The first kappa shape index (κ1) is 37.7. The minimum atomic E-state index is -2.82. The lowest BCUT2D eigenvalue weighted by Crippen LogP contribution is -2.78. The third kappa shape index (κ3) is 6.77. The van der Waals surface area contributed by atoms with Crippen LogP contribution in [0.3, 0.4) is 0 Å². The number of nitrogens with one attached hydrogen (secondary N) is 4. The number of likely N-dealkylation sites (tertiary alicyclic amines) is 1. The van der Waals surface area contributed by atoms with Gasteiger partial charge in [0.15, 0.2) is 5.66 Å². The van der Waals surface area contributed by atoms with Gasteiger partial charge in [0.25, 0.3) is 5.91 Å². The van der Waals surface area contributed by atoms with Gasteiger partial charge in [0.05, 0.1) is 24.4 Å². The van der Waals surface area contributed by atoms with Crippen LogP contribution in [0.2, 0.25) is 0 Å². The largest absolute Gasteiger partial charge is 0.507 e. The molecule has 1 aromatic rings. The molecule has 15 nitrogen and oxygen atoms in total. The number of imide groups is 1. The first-order chi connectivity index (χ1) is 22.9. The fraction of sp³-hybridized carbons (Fsp3) is 0.594. The monoisotopic (exact) mass is 757 g/mol. The Morgan fingerprint density at radius 3 is 2.14 bits per heavy atom. The summed E-state index contributed by atoms with van der Waals surface area (Å²) in [5, 5.41) is 46.6. The Morgan fingerprint density at radius 1 is 1.06 bits per heavy atom. The molecule has 4 heterocycles. The predicted molar refractivity (Wildman–Crippen MR) is 185 cm³/mol. The van der Waals surface area contributed by atoms with E-state index in [9.17, 15) is 34.5 Å². The third-order valence-electron chi connectivity index (χ3n) is 9.29. The first-order valence-corrected chi connectivity index (χ1v) is 17.1. The van der Waals surface area contributed by atoms with Gasteiger partial charge in [-0.15, -0.1) is 0 Å². The minimum Gasteiger partial charge on any atom is -0.507 e. The number of alkyl halides is 3. The number of benzene rings is 1. The Bertz CT molecular complexity index is 1610. The lowest BCUT2D eigenvalue weighted by atomic mass is 9.78. The van der Waals surface area contributed by atoms with Gasteiger partial charge in [-0.2, -0.15) is 0 Å². The van der Waals surface area contributed by atoms with E-state index >= 15 is 0 Å². The van der Waals surface area contributed by atoms with E-state index in [0.717, 1.165) is 4.90 Å². The van der Waals surface area contributed by atoms with Crippen molar-refractivity contribution in [2.45, 2.75) is 98.6 Å². The number of halogens is 3. The van der Waals surface area contributed by atoms with Gasteiger partial charge in [0, 0.05) is 36.1 Å². The Balaban J connectivity index is 1.54. The zero-order valence-electron chi connectivity index (χ0n) is 28.5. The molecule has 3 fully saturated rings. The van der Waals surface area contributed by atoms with Crippen LogP contribution in [0.5, 0.6) is 5.75 Å². The number of hydrogen-bond donors (Lipinski definition) is 7. The highest BCUT2D eigenvalue weighted by atomic mass is 35.6. The molecule has 1 unspecified atom stereocenters. The normalized spacial score (nSPS) is 26.2. The number of phenolic OH excluding ortho intramolecular Hbond substituents is 1. The molecule has 4 aliphatic rings. The first-order valence-electron chi connectivity index (χ1n) is 15.9. The SMILES string of the molecule is C=C1N[C@H]2[C@H](CN3C(=O)CCC3=O)N=C(NC(=O)OCC(Cl)(Cl)Cl)N3CC(NC(=O)c4cc(C(C)(C)C)c(O)c(C(C)(C)C)c4)C(O)(O)[C@]23N1. The van der Waals surface area contributed by atoms with Crippen LogP contribution in [0.1, 0.15) is 75.9 Å². The van der Waals surface area contributed by atoms with Crippen LogP contribution in [0, 0.1) is 0 Å². The van der Waals surface area contributed by atoms with Crippen molar-refractivity contribution in [2.75, 3.05) is 19.7 Å². The fourth-order valence-electron chi connectivity index (χ4n) is 6.87. The number of rotatable bonds is 5. The summed E-state index contributed by atoms with van der Waals surface area (Å²) in [5.41, 5.74) is -1.85. The van der Waals surface area contributed by atoms with E-state index < -0.39 is 74.6 Å². The number of alkyl carbamates (subject to hydrolysis) is 1. The zero-order chi connectivity index (χ0) is 37.4. The van der Waals surface area contributed by atoms with E-state index in [2.05, 4.69) is 32.8 Å². The summed E-state index contributed by atoms with van der Waals surface area (Å²) in [5.74, 6) is -4.40. The Labute approximate surface area is 304 Å². The molecule has 0 bridgehead atoms. The van der Waals surface area contributed by atoms with Gasteiger partial charge in [-0.1, -0.05) is 82.9 Å². The summed E-state index contributed by atoms with van der Waals surface area (Å²) in [6, 6.07) is -0.454. The number of aromatic hydroxyl groups is 1. The second kappa shape index (κ2) is 12.6. The summed E-state index contributed by atoms with van der Waals surface area (Å²) in [4.78, 5) is 59.1. The molecule has 274 valence electrons. The number of aliphatic hydroxyl groups is 2. The molecular weight excluding hydrogens is 717 g/mol. The molecule has 1 spiro atoms. The molecule has 18 heteroatoms. The van der Waals surface area contributed by atoms with Gasteiger partial charge in [-0.3, -0.25) is 24.6 Å². The lowest BCUT2D eigenvalue weighted by Gasteiger charge is -2.49. The maximum atomic E-state index is 14.0. The Hall–Kier alpha value is -3.50. The van der Waals surface area contributed by atoms with Crippen LogP contribution in [0.4, 0.5) is 4.79 Å². The zero-order valence-corrected chi connectivity index (χ0v) is 30.8. The van der Waals surface area contributed by atoms with Crippen LogP contribution in [0.15, 0.2) is 29.5 Å². The van der Waals surface area contributed by atoms with E-state index in [0.29, 0.717) is 11.1 Å². The van der Waals surface area contributed by atoms with Crippen molar-refractivity contribution in [3.8, 4) is 5.75 Å². The number of phenols is 1. The van der Waals surface area contributed by atoms with Crippen molar-refractivity contribution in [1.29, 1.82) is 0 Å². The molecular formula is C32H42Cl3N7O8. The Morgan fingerprint density at radius 2 is 1.62 bits per heavy atom. The number of nitrogens with zero attached hydrogens (tertiary/aromatic N) is 3. The molecule has 0 saturated carbocycles. The number of carbonyl (C=O) groups excluding carboxylic acids is 4. The van der Waals surface area contributed by atoms with E-state index in [1.807, 2.05) is 41.5 Å². The van der Waals surface area contributed by atoms with Crippen LogP contribution in [-0.2, 0) is 25.2 Å². The van der Waals surface area contributed by atoms with Gasteiger partial charge in [-0.25, -0.2) is 9.79 Å². The number of aliphatic imine (C=N–C) groups is 1. The van der Waals surface area contributed by atoms with Crippen LogP contribution < -0.4 is 21.3 Å². The topological polar surface area (TPSA) is 205 Å². The Kier molecular flexibility index (Phi) is 9.53. The smallest absolute Gasteiger partial charge is 0.414 e. The lowest BCUT2D eigenvalue weighted by molar-refractivity contribution is -0.231. The molecule has 3 saturated heterocycles. The molecule has 0 radical (unpaired) electrons. The fourth-order valence-corrected chi connectivity index (χ4v) is 7.03. The number of guanidine groups is 1. The molecule has 7 N–H and O–H groups in total. The molecule has 50 heavy (non-hydrogen) atoms. The highest BCUT2D eigenvalue weighted by molar-refractivity contribution is 6.67. The highest BCUT2D eigenvalue weighted by Crippen LogP contribution is 2.46. The number of ether oxygens (including phenoxy) is 1. The third-order valence-corrected chi connectivity index (χ3v) is 9.61. The molecule has 4 amide bonds. The quantitative estimate of drug-likeness (QED) is 0.131. The maximum Gasteiger partial charge on any atom is 0.414 e. The second-order valence-corrected chi connectivity index (χ2v) is 17.5. The standard InChI is InChI=1S/C32H42Cl3N7O8/c1-15-36-24-19(12-41-21(43)8-9-22(41)44)37-26(39-27(47)50-14-30(33,34)35)42-13-20(32(48,49)31(24,42)40-15)38-25(46)16-10-17(28(2,3)4)23(45)18(11-16)29(5,6)7/h10-11,19-20,24,36,40,45,48-49H,1,8-9,12-14H2,2-7H3,(H,38,46)(H,37,39,47)/t19-,20?,24-,31-/m0/s1. The highest BCUT2D eigenvalue weighted by Gasteiger charge is 2.74. The van der Waals surface area contributed by atoms with Crippen molar-refractivity contribution < 1.29 is 39.2 Å². The number of amides is 4. The van der Waals surface area contributed by atoms with Crippen molar-refractivity contribution >= 4 is 64.6 Å². The maximum absolute atomic E-state index is 14.0. The average molecular weight is 759 g/mol. The molecule has 0 aromatic heterocycles. The summed E-state index contributed by atoms with van der Waals surface area (Å²) >= 11 is 17.2. The molecule has 4 atom stereocenters. The number of carbonyl (C=O) groups is 4. The van der Waals surface area contributed by atoms with Gasteiger partial charge in [0.1, 0.15) is 18.4 Å². The molecule has 0 aliphatic carbocycles. The van der Waals surface area contributed by atoms with E-state index in [4.69, 9.17) is 39.5 Å². The minimum absolute atomic E-state index is 0.00715. The van der Waals surface area contributed by atoms with Crippen molar-refractivity contribution in [1.82, 2.24) is 31.1 Å². The average Bonchev–Trinajstić information content (AvgIpc) is 3.57. The predicted octanol–water partition coefficient (Wildman–Crippen LogP) is 1.79. The molecule has 1 aromatic carbocycles. The van der Waals surface area contributed by atoms with E-state index in [1.54, 1.807) is 12.1 Å². The van der Waals surface area contributed by atoms with Gasteiger partial charge < -0.3 is 40.9 Å². The van der Waals surface area contributed by atoms with Crippen molar-refractivity contribution in [2.24, 2.45) is 4.99 Å². The molecule has 4 aliphatic heterocycles. The van der Waals surface area contributed by atoms with Crippen LogP contribution in [-0.4, -0.2) is 108 Å². The van der Waals surface area contributed by atoms with Crippen LogP contribution >= 0.6 is 34.8 Å². The molecule has 5 rings (SSSR count). The van der Waals surface area contributed by atoms with E-state index in [1.165, 1.54) is 4.90 Å². The summed E-state index contributed by atoms with van der Waals surface area (Å²) in [6.45, 7) is 14.1. The summed E-state index contributed by atoms with van der Waals surface area (Å²) < 4.78 is 3.10.